The van der Waals surface area contributed by atoms with Crippen molar-refractivity contribution < 1.29 is 0 Å². The maximum Gasteiger partial charge on any atom is 0.0372 e. The molecule has 0 amide bonds. The number of benzene rings is 2. The Morgan fingerprint density at radius 3 is 2.61 bits per heavy atom. The highest BCUT2D eigenvalue weighted by Gasteiger charge is 2.25. The second kappa shape index (κ2) is 4.93. The molecule has 0 spiro atoms. The molecule has 0 aliphatic carbocycles. The number of hydrogen-bond acceptors (Lipinski definition) is 1. The summed E-state index contributed by atoms with van der Waals surface area (Å²) >= 11 is 3.52. The van der Waals surface area contributed by atoms with Gasteiger partial charge in [0.05, 0.1) is 0 Å². The number of rotatable bonds is 3. The Labute approximate surface area is 117 Å². The first kappa shape index (κ1) is 12.0. The summed E-state index contributed by atoms with van der Waals surface area (Å²) in [7, 11) is 0. The molecular formula is C16H18BrN. The molecule has 1 aliphatic heterocycles. The van der Waals surface area contributed by atoms with Crippen LogP contribution in [0.15, 0.2) is 40.9 Å². The smallest absolute Gasteiger partial charge is 0.0372 e. The Morgan fingerprint density at radius 1 is 1.11 bits per heavy atom. The molecule has 2 aromatic carbocycles. The van der Waals surface area contributed by atoms with Gasteiger partial charge in [0.25, 0.3) is 0 Å². The first-order valence-corrected chi connectivity index (χ1v) is 7.50. The monoisotopic (exact) mass is 303 g/mol. The lowest BCUT2D eigenvalue weighted by molar-refractivity contribution is 0.381. The fourth-order valence-corrected chi connectivity index (χ4v) is 3.15. The maximum absolute atomic E-state index is 3.52. The van der Waals surface area contributed by atoms with Gasteiger partial charge < -0.3 is 4.90 Å². The van der Waals surface area contributed by atoms with Crippen molar-refractivity contribution in [3.05, 3.63) is 40.9 Å². The molecule has 1 aliphatic rings. The van der Waals surface area contributed by atoms with E-state index in [1.165, 1.54) is 42.4 Å². The Hall–Kier alpha value is -1.02. The van der Waals surface area contributed by atoms with Crippen LogP contribution in [0.2, 0.25) is 0 Å². The molecule has 1 saturated heterocycles. The summed E-state index contributed by atoms with van der Waals surface area (Å²) < 4.78 is 1.15. The number of hydrogen-bond donors (Lipinski definition) is 0. The molecule has 1 heterocycles. The van der Waals surface area contributed by atoms with Crippen LogP contribution < -0.4 is 4.90 Å². The third-order valence-corrected chi connectivity index (χ3v) is 4.30. The highest BCUT2D eigenvalue weighted by molar-refractivity contribution is 9.10. The highest BCUT2D eigenvalue weighted by atomic mass is 79.9. The molecule has 2 heteroatoms. The third kappa shape index (κ3) is 2.26. The van der Waals surface area contributed by atoms with E-state index >= 15 is 0 Å². The molecule has 94 valence electrons. The van der Waals surface area contributed by atoms with E-state index in [0.717, 1.165) is 10.4 Å². The average Bonchev–Trinajstić information content (AvgIpc) is 2.33. The van der Waals surface area contributed by atoms with Crippen LogP contribution in [0.5, 0.6) is 0 Å². The first-order valence-electron chi connectivity index (χ1n) is 6.70. The minimum Gasteiger partial charge on any atom is -0.371 e. The predicted octanol–water partition coefficient (Wildman–Crippen LogP) is 4.84. The van der Waals surface area contributed by atoms with Crippen LogP contribution in [-0.4, -0.2) is 13.1 Å². The Bertz CT molecular complexity index is 558. The minimum absolute atomic E-state index is 0.913. The quantitative estimate of drug-likeness (QED) is 0.784. The summed E-state index contributed by atoms with van der Waals surface area (Å²) in [4.78, 5) is 2.49. The summed E-state index contributed by atoms with van der Waals surface area (Å²) in [5, 5.41) is 2.63. The zero-order valence-electron chi connectivity index (χ0n) is 10.7. The number of anilines is 1. The van der Waals surface area contributed by atoms with E-state index in [1.54, 1.807) is 0 Å². The van der Waals surface area contributed by atoms with E-state index in [0.29, 0.717) is 0 Å². The van der Waals surface area contributed by atoms with Gasteiger partial charge in [0.1, 0.15) is 0 Å². The summed E-state index contributed by atoms with van der Waals surface area (Å²) in [6.07, 6.45) is 2.68. The van der Waals surface area contributed by atoms with Crippen molar-refractivity contribution in [3.8, 4) is 0 Å². The van der Waals surface area contributed by atoms with Gasteiger partial charge in [0.15, 0.2) is 0 Å². The summed E-state index contributed by atoms with van der Waals surface area (Å²) in [6.45, 7) is 4.74. The molecule has 1 nitrogen and oxygen atoms in total. The lowest BCUT2D eigenvalue weighted by Crippen LogP contribution is -2.46. The van der Waals surface area contributed by atoms with Crippen LogP contribution in [0.3, 0.4) is 0 Å². The fraction of sp³-hybridized carbons (Fsp3) is 0.375. The van der Waals surface area contributed by atoms with Gasteiger partial charge in [0.2, 0.25) is 0 Å². The summed E-state index contributed by atoms with van der Waals surface area (Å²) in [5.74, 6) is 0.913. The SMILES string of the molecule is CCCC1CN(c2ccc3cc(Br)ccc3c2)C1. The van der Waals surface area contributed by atoms with E-state index in [9.17, 15) is 0 Å². The topological polar surface area (TPSA) is 3.24 Å². The van der Waals surface area contributed by atoms with Crippen molar-refractivity contribution in [2.45, 2.75) is 19.8 Å². The molecule has 0 N–H and O–H groups in total. The molecule has 0 radical (unpaired) electrons. The zero-order valence-corrected chi connectivity index (χ0v) is 12.3. The maximum atomic E-state index is 3.52. The normalized spacial score (nSPS) is 16.0. The van der Waals surface area contributed by atoms with Gasteiger partial charge in [-0.25, -0.2) is 0 Å². The summed E-state index contributed by atoms with van der Waals surface area (Å²) in [6, 6.07) is 13.3. The van der Waals surface area contributed by atoms with Gasteiger partial charge >= 0.3 is 0 Å². The van der Waals surface area contributed by atoms with Crippen LogP contribution in [0, 0.1) is 5.92 Å². The number of fused-ring (bicyclic) bond motifs is 1. The van der Waals surface area contributed by atoms with E-state index in [4.69, 9.17) is 0 Å². The molecule has 2 aromatic rings. The lowest BCUT2D eigenvalue weighted by Gasteiger charge is -2.41. The second-order valence-electron chi connectivity index (χ2n) is 5.24. The first-order chi connectivity index (χ1) is 8.76. The van der Waals surface area contributed by atoms with Crippen molar-refractivity contribution >= 4 is 32.4 Å². The molecule has 0 unspecified atom stereocenters. The third-order valence-electron chi connectivity index (χ3n) is 3.81. The van der Waals surface area contributed by atoms with Crippen molar-refractivity contribution in [2.75, 3.05) is 18.0 Å². The molecule has 1 fully saturated rings. The van der Waals surface area contributed by atoms with Crippen LogP contribution in [0.25, 0.3) is 10.8 Å². The Kier molecular flexibility index (Phi) is 3.29. The molecule has 0 bridgehead atoms. The standard InChI is InChI=1S/C16H18BrN/c1-2-3-12-10-18(11-12)16-7-5-13-8-15(17)6-4-14(13)9-16/h4-9,12H,2-3,10-11H2,1H3. The second-order valence-corrected chi connectivity index (χ2v) is 6.15. The molecule has 0 saturated carbocycles. The molecule has 3 rings (SSSR count). The van der Waals surface area contributed by atoms with Crippen LogP contribution in [0.1, 0.15) is 19.8 Å². The lowest BCUT2D eigenvalue weighted by atomic mass is 9.94. The predicted molar refractivity (Wildman–Crippen MR) is 82.3 cm³/mol. The molecule has 0 aromatic heterocycles. The van der Waals surface area contributed by atoms with E-state index < -0.39 is 0 Å². The molecule has 18 heavy (non-hydrogen) atoms. The molecular weight excluding hydrogens is 286 g/mol. The average molecular weight is 304 g/mol. The number of halogens is 1. The zero-order chi connectivity index (χ0) is 12.5. The van der Waals surface area contributed by atoms with Crippen molar-refractivity contribution in [2.24, 2.45) is 5.92 Å². The van der Waals surface area contributed by atoms with Crippen LogP contribution in [0.4, 0.5) is 5.69 Å². The Balaban J connectivity index is 1.80. The van der Waals surface area contributed by atoms with E-state index in [1.807, 2.05) is 0 Å². The fourth-order valence-electron chi connectivity index (χ4n) is 2.77. The minimum atomic E-state index is 0.913. The van der Waals surface area contributed by atoms with Crippen molar-refractivity contribution in [1.29, 1.82) is 0 Å². The van der Waals surface area contributed by atoms with Gasteiger partial charge in [-0.15, -0.1) is 0 Å². The van der Waals surface area contributed by atoms with Crippen molar-refractivity contribution in [3.63, 3.8) is 0 Å². The van der Waals surface area contributed by atoms with Crippen LogP contribution in [-0.2, 0) is 0 Å². The van der Waals surface area contributed by atoms with Gasteiger partial charge in [-0.2, -0.15) is 0 Å². The summed E-state index contributed by atoms with van der Waals surface area (Å²) in [5.41, 5.74) is 1.37. The van der Waals surface area contributed by atoms with Crippen LogP contribution >= 0.6 is 15.9 Å². The van der Waals surface area contributed by atoms with Gasteiger partial charge in [-0.3, -0.25) is 0 Å². The largest absolute Gasteiger partial charge is 0.371 e. The van der Waals surface area contributed by atoms with Gasteiger partial charge in [-0.1, -0.05) is 41.4 Å². The Morgan fingerprint density at radius 2 is 1.83 bits per heavy atom. The molecule has 0 atom stereocenters. The van der Waals surface area contributed by atoms with Crippen molar-refractivity contribution in [1.82, 2.24) is 0 Å². The van der Waals surface area contributed by atoms with E-state index in [2.05, 4.69) is 64.2 Å². The van der Waals surface area contributed by atoms with Gasteiger partial charge in [-0.05, 0) is 47.4 Å². The highest BCUT2D eigenvalue weighted by Crippen LogP contribution is 2.30. The van der Waals surface area contributed by atoms with Gasteiger partial charge in [0, 0.05) is 23.2 Å². The number of nitrogens with zero attached hydrogens (tertiary/aromatic N) is 1. The van der Waals surface area contributed by atoms with E-state index in [-0.39, 0.29) is 0 Å².